The van der Waals surface area contributed by atoms with Crippen LogP contribution in [0.5, 0.6) is 11.5 Å². The van der Waals surface area contributed by atoms with Gasteiger partial charge in [0.15, 0.2) is 17.5 Å². The van der Waals surface area contributed by atoms with Gasteiger partial charge in [-0.1, -0.05) is 6.08 Å². The van der Waals surface area contributed by atoms with Crippen LogP contribution in [0.15, 0.2) is 29.8 Å². The average molecular weight is 489 g/mol. The van der Waals surface area contributed by atoms with Gasteiger partial charge in [-0.15, -0.1) is 30.6 Å². The molecule has 2 N–H and O–H groups in total. The second-order valence-electron chi connectivity index (χ2n) is 6.66. The third-order valence-corrected chi connectivity index (χ3v) is 4.59. The summed E-state index contributed by atoms with van der Waals surface area (Å²) in [6.07, 6.45) is 4.76. The number of ether oxygens (including phenoxy) is 3. The molecule has 1 unspecified atom stereocenters. The summed E-state index contributed by atoms with van der Waals surface area (Å²) < 4.78 is 16.8. The number of nitrogens with one attached hydrogen (secondary N) is 2. The van der Waals surface area contributed by atoms with Crippen LogP contribution >= 0.6 is 24.0 Å². The maximum Gasteiger partial charge on any atom is 0.191 e. The summed E-state index contributed by atoms with van der Waals surface area (Å²) in [5.74, 6) is 2.23. The molecular formula is C20H32IN3O3. The van der Waals surface area contributed by atoms with Crippen molar-refractivity contribution < 1.29 is 14.2 Å². The normalized spacial score (nSPS) is 19.2. The molecule has 1 aromatic carbocycles. The van der Waals surface area contributed by atoms with Crippen LogP contribution in [0.4, 0.5) is 0 Å². The summed E-state index contributed by atoms with van der Waals surface area (Å²) in [5, 5.41) is 6.70. The Balaban J connectivity index is 0.00000364. The number of nitrogens with zero attached hydrogens (tertiary/aromatic N) is 1. The fraction of sp³-hybridized carbons (Fsp3) is 0.550. The highest BCUT2D eigenvalue weighted by Gasteiger charge is 2.29. The third kappa shape index (κ3) is 6.57. The van der Waals surface area contributed by atoms with Gasteiger partial charge < -0.3 is 24.8 Å². The first kappa shape index (κ1) is 23.6. The zero-order valence-corrected chi connectivity index (χ0v) is 19.1. The van der Waals surface area contributed by atoms with E-state index in [1.54, 1.807) is 21.3 Å². The van der Waals surface area contributed by atoms with Crippen LogP contribution in [0.1, 0.15) is 30.9 Å². The highest BCUT2D eigenvalue weighted by atomic mass is 127. The van der Waals surface area contributed by atoms with Crippen molar-refractivity contribution in [2.45, 2.75) is 38.3 Å². The van der Waals surface area contributed by atoms with E-state index in [0.717, 1.165) is 61.0 Å². The molecule has 0 amide bonds. The number of guanidine groups is 1. The van der Waals surface area contributed by atoms with Gasteiger partial charge in [0.25, 0.3) is 0 Å². The van der Waals surface area contributed by atoms with E-state index in [0.29, 0.717) is 6.54 Å². The van der Waals surface area contributed by atoms with Gasteiger partial charge in [-0.05, 0) is 43.9 Å². The summed E-state index contributed by atoms with van der Waals surface area (Å²) in [7, 11) is 5.07. The molecule has 0 aromatic heterocycles. The third-order valence-electron chi connectivity index (χ3n) is 4.59. The van der Waals surface area contributed by atoms with Crippen molar-refractivity contribution in [3.63, 3.8) is 0 Å². The lowest BCUT2D eigenvalue weighted by atomic mass is 10.0. The Bertz CT molecular complexity index is 644. The van der Waals surface area contributed by atoms with E-state index >= 15 is 0 Å². The summed E-state index contributed by atoms with van der Waals surface area (Å²) in [6, 6.07) is 4.08. The minimum atomic E-state index is -0.113. The number of hydrogen-bond donors (Lipinski definition) is 2. The van der Waals surface area contributed by atoms with Gasteiger partial charge >= 0.3 is 0 Å². The van der Waals surface area contributed by atoms with Crippen molar-refractivity contribution in [3.8, 4) is 11.5 Å². The lowest BCUT2D eigenvalue weighted by molar-refractivity contribution is 0.0243. The second kappa shape index (κ2) is 11.4. The molecule has 6 nitrogen and oxygen atoms in total. The van der Waals surface area contributed by atoms with Gasteiger partial charge in [0, 0.05) is 32.3 Å². The molecule has 1 aliphatic rings. The van der Waals surface area contributed by atoms with E-state index in [1.165, 1.54) is 0 Å². The van der Waals surface area contributed by atoms with Crippen molar-refractivity contribution in [1.82, 2.24) is 10.6 Å². The molecule has 27 heavy (non-hydrogen) atoms. The SMILES string of the molecule is C=CCc1cc(CNC(=NC)NCC2(C)CCCO2)cc(OC)c1OC.I. The van der Waals surface area contributed by atoms with Crippen molar-refractivity contribution in [3.05, 3.63) is 35.9 Å². The first-order chi connectivity index (χ1) is 12.5. The minimum absolute atomic E-state index is 0. The van der Waals surface area contributed by atoms with E-state index in [4.69, 9.17) is 14.2 Å². The smallest absolute Gasteiger partial charge is 0.191 e. The van der Waals surface area contributed by atoms with Gasteiger partial charge in [-0.25, -0.2) is 0 Å². The molecule has 1 aromatic rings. The van der Waals surface area contributed by atoms with E-state index in [1.807, 2.05) is 12.1 Å². The predicted molar refractivity (Wildman–Crippen MR) is 121 cm³/mol. The first-order valence-corrected chi connectivity index (χ1v) is 8.98. The number of aliphatic imine (C=N–C) groups is 1. The summed E-state index contributed by atoms with van der Waals surface area (Å²) in [6.45, 7) is 8.15. The van der Waals surface area contributed by atoms with Crippen LogP contribution in [-0.4, -0.2) is 46.0 Å². The number of halogens is 1. The molecule has 1 saturated heterocycles. The molecule has 1 aliphatic heterocycles. The fourth-order valence-corrected chi connectivity index (χ4v) is 3.17. The van der Waals surface area contributed by atoms with E-state index in [9.17, 15) is 0 Å². The molecule has 0 bridgehead atoms. The van der Waals surface area contributed by atoms with Crippen LogP contribution in [0.3, 0.4) is 0 Å². The Morgan fingerprint density at radius 1 is 1.33 bits per heavy atom. The zero-order chi connectivity index (χ0) is 19.0. The van der Waals surface area contributed by atoms with Crippen molar-refractivity contribution in [1.29, 1.82) is 0 Å². The molecule has 0 radical (unpaired) electrons. The Labute approximate surface area is 179 Å². The highest BCUT2D eigenvalue weighted by molar-refractivity contribution is 14.0. The average Bonchev–Trinajstić information content (AvgIpc) is 3.08. The number of rotatable bonds is 8. The van der Waals surface area contributed by atoms with Crippen molar-refractivity contribution >= 4 is 29.9 Å². The lowest BCUT2D eigenvalue weighted by Gasteiger charge is -2.24. The molecule has 1 atom stereocenters. The lowest BCUT2D eigenvalue weighted by Crippen LogP contribution is -2.45. The first-order valence-electron chi connectivity index (χ1n) is 8.98. The maximum atomic E-state index is 5.81. The van der Waals surface area contributed by atoms with Crippen molar-refractivity contribution in [2.24, 2.45) is 4.99 Å². The van der Waals surface area contributed by atoms with Crippen LogP contribution in [-0.2, 0) is 17.7 Å². The van der Waals surface area contributed by atoms with Crippen molar-refractivity contribution in [2.75, 3.05) is 34.4 Å². The minimum Gasteiger partial charge on any atom is -0.493 e. The second-order valence-corrected chi connectivity index (χ2v) is 6.66. The molecular weight excluding hydrogens is 457 g/mol. The zero-order valence-electron chi connectivity index (χ0n) is 16.8. The molecule has 0 saturated carbocycles. The van der Waals surface area contributed by atoms with Gasteiger partial charge in [0.1, 0.15) is 0 Å². The molecule has 1 fully saturated rings. The topological polar surface area (TPSA) is 64.1 Å². The quantitative estimate of drug-likeness (QED) is 0.254. The molecule has 0 spiro atoms. The molecule has 1 heterocycles. The number of benzene rings is 1. The van der Waals surface area contributed by atoms with Gasteiger partial charge in [0.2, 0.25) is 0 Å². The largest absolute Gasteiger partial charge is 0.493 e. The van der Waals surface area contributed by atoms with Gasteiger partial charge in [0.05, 0.1) is 19.8 Å². The molecule has 152 valence electrons. The Morgan fingerprint density at radius 2 is 2.11 bits per heavy atom. The van der Waals surface area contributed by atoms with Crippen LogP contribution in [0.25, 0.3) is 0 Å². The van der Waals surface area contributed by atoms with Crippen LogP contribution < -0.4 is 20.1 Å². The monoisotopic (exact) mass is 489 g/mol. The highest BCUT2D eigenvalue weighted by Crippen LogP contribution is 2.33. The van der Waals surface area contributed by atoms with E-state index in [-0.39, 0.29) is 29.6 Å². The maximum absolute atomic E-state index is 5.81. The number of allylic oxidation sites excluding steroid dienone is 1. The Kier molecular flexibility index (Phi) is 9.93. The number of hydrogen-bond acceptors (Lipinski definition) is 4. The standard InChI is InChI=1S/C20H31N3O3.HI/c1-6-8-16-11-15(12-17(24-4)18(16)25-5)13-22-19(21-3)23-14-20(2)9-7-10-26-20;/h6,11-12H,1,7-10,13-14H2,2-5H3,(H2,21,22,23);1H. The fourth-order valence-electron chi connectivity index (χ4n) is 3.17. The summed E-state index contributed by atoms with van der Waals surface area (Å²) in [5.41, 5.74) is 2.03. The van der Waals surface area contributed by atoms with Crippen LogP contribution in [0.2, 0.25) is 0 Å². The molecule has 2 rings (SSSR count). The van der Waals surface area contributed by atoms with E-state index < -0.39 is 0 Å². The van der Waals surface area contributed by atoms with Crippen LogP contribution in [0, 0.1) is 0 Å². The van der Waals surface area contributed by atoms with Gasteiger partial charge in [-0.2, -0.15) is 0 Å². The summed E-state index contributed by atoms with van der Waals surface area (Å²) >= 11 is 0. The summed E-state index contributed by atoms with van der Waals surface area (Å²) in [4.78, 5) is 4.30. The Morgan fingerprint density at radius 3 is 2.67 bits per heavy atom. The number of methoxy groups -OCH3 is 2. The predicted octanol–water partition coefficient (Wildman–Crippen LogP) is 3.28. The molecule has 7 heteroatoms. The molecule has 0 aliphatic carbocycles. The van der Waals surface area contributed by atoms with E-state index in [2.05, 4.69) is 35.2 Å². The van der Waals surface area contributed by atoms with Gasteiger partial charge in [-0.3, -0.25) is 4.99 Å². The Hall–Kier alpha value is -1.48.